The second-order valence-corrected chi connectivity index (χ2v) is 13.4. The van der Waals surface area contributed by atoms with Crippen molar-refractivity contribution in [3.63, 3.8) is 0 Å². The van der Waals surface area contributed by atoms with Gasteiger partial charge in [-0.3, -0.25) is 20.0 Å². The molecule has 0 aromatic heterocycles. The van der Waals surface area contributed by atoms with Gasteiger partial charge in [0.05, 0.1) is 34.0 Å². The monoisotopic (exact) mass is 654 g/mol. The summed E-state index contributed by atoms with van der Waals surface area (Å²) in [5.41, 5.74) is 8.21. The fourth-order valence-electron chi connectivity index (χ4n) is 5.69. The van der Waals surface area contributed by atoms with E-state index in [0.29, 0.717) is 30.8 Å². The Labute approximate surface area is 262 Å². The molecule has 3 aliphatic heterocycles. The van der Waals surface area contributed by atoms with Crippen LogP contribution in [0.1, 0.15) is 27.5 Å². The Balaban J connectivity index is 1.34. The first-order chi connectivity index (χ1) is 21.5. The number of carbonyl (C=O) groups excluding carboxylic acids is 2. The molecule has 0 radical (unpaired) electrons. The standard InChI is InChI=1S/C30H28ClFN6O6S/c31-22-4-2-6-25(26(22)32)38-17-23(34-35-38)29(40)37-12-11-20-21(3-1-5-24(20)36-13-15-45(43,44)16-14-36)27(37)28(39)33-19-9-7-18(8-10-19)30(41)42/h1-10,17,27,34-35H,11-16H2,(H,33,39)(H,41,42). The van der Waals surface area contributed by atoms with Gasteiger partial charge in [-0.05, 0) is 60.0 Å². The molecule has 15 heteroatoms. The fourth-order valence-corrected chi connectivity index (χ4v) is 7.06. The second-order valence-electron chi connectivity index (χ2n) is 10.7. The van der Waals surface area contributed by atoms with Crippen LogP contribution in [0.2, 0.25) is 5.02 Å². The van der Waals surface area contributed by atoms with E-state index in [-0.39, 0.29) is 40.0 Å². The Morgan fingerprint density at radius 1 is 0.956 bits per heavy atom. The highest BCUT2D eigenvalue weighted by Gasteiger charge is 2.40. The Morgan fingerprint density at radius 3 is 2.36 bits per heavy atom. The van der Waals surface area contributed by atoms with E-state index in [4.69, 9.17) is 11.6 Å². The number of fused-ring (bicyclic) bond motifs is 1. The van der Waals surface area contributed by atoms with E-state index in [0.717, 1.165) is 11.3 Å². The van der Waals surface area contributed by atoms with Crippen LogP contribution in [0.3, 0.4) is 0 Å². The van der Waals surface area contributed by atoms with Gasteiger partial charge in [-0.25, -0.2) is 17.6 Å². The average molecular weight is 655 g/mol. The second kappa shape index (κ2) is 12.0. The third-order valence-electron chi connectivity index (χ3n) is 7.98. The molecule has 0 spiro atoms. The SMILES string of the molecule is O=C(O)c1ccc(NC(=O)C2c3cccc(N4CCS(=O)(=O)CC4)c3CCN2C(=O)C2=CN(c3cccc(Cl)c3F)NN2)cc1. The molecule has 1 saturated heterocycles. The number of benzene rings is 3. The molecule has 4 N–H and O–H groups in total. The molecule has 45 heavy (non-hydrogen) atoms. The summed E-state index contributed by atoms with van der Waals surface area (Å²) in [7, 11) is -3.12. The van der Waals surface area contributed by atoms with Crippen LogP contribution >= 0.6 is 11.6 Å². The van der Waals surface area contributed by atoms with Gasteiger partial charge in [-0.2, -0.15) is 0 Å². The minimum Gasteiger partial charge on any atom is -0.478 e. The van der Waals surface area contributed by atoms with E-state index in [1.807, 2.05) is 11.0 Å². The van der Waals surface area contributed by atoms with Crippen LogP contribution in [-0.2, 0) is 25.8 Å². The lowest BCUT2D eigenvalue weighted by Crippen LogP contribution is -2.48. The summed E-state index contributed by atoms with van der Waals surface area (Å²) >= 11 is 5.94. The number of carboxylic acids is 1. The Kier molecular flexibility index (Phi) is 8.12. The molecule has 0 aliphatic carbocycles. The lowest BCUT2D eigenvalue weighted by atomic mass is 9.89. The molecule has 12 nitrogen and oxygen atoms in total. The summed E-state index contributed by atoms with van der Waals surface area (Å²) in [5, 5.41) is 13.2. The summed E-state index contributed by atoms with van der Waals surface area (Å²) in [6.07, 6.45) is 1.77. The van der Waals surface area contributed by atoms with Crippen molar-refractivity contribution >= 4 is 56.3 Å². The van der Waals surface area contributed by atoms with Gasteiger partial charge in [0.15, 0.2) is 15.7 Å². The molecule has 3 aromatic rings. The van der Waals surface area contributed by atoms with Gasteiger partial charge < -0.3 is 20.2 Å². The van der Waals surface area contributed by atoms with E-state index in [9.17, 15) is 32.3 Å². The maximum Gasteiger partial charge on any atom is 0.335 e. The molecule has 3 heterocycles. The zero-order valence-electron chi connectivity index (χ0n) is 23.7. The summed E-state index contributed by atoms with van der Waals surface area (Å²) in [6.45, 7) is 0.773. The van der Waals surface area contributed by atoms with Crippen LogP contribution in [0.5, 0.6) is 0 Å². The number of amides is 2. The lowest BCUT2D eigenvalue weighted by molar-refractivity contribution is -0.136. The average Bonchev–Trinajstić information content (AvgIpc) is 3.51. The molecule has 234 valence electrons. The Bertz CT molecular complexity index is 1820. The minimum absolute atomic E-state index is 0.0219. The van der Waals surface area contributed by atoms with Crippen LogP contribution in [-0.4, -0.2) is 67.3 Å². The number of rotatable bonds is 6. The van der Waals surface area contributed by atoms with Crippen LogP contribution in [0.25, 0.3) is 0 Å². The number of halogens is 2. The minimum atomic E-state index is -3.12. The van der Waals surface area contributed by atoms with Gasteiger partial charge in [-0.1, -0.05) is 29.8 Å². The fraction of sp³-hybridized carbons (Fsp3) is 0.233. The van der Waals surface area contributed by atoms with Crippen molar-refractivity contribution in [1.82, 2.24) is 15.9 Å². The third-order valence-corrected chi connectivity index (χ3v) is 9.88. The smallest absolute Gasteiger partial charge is 0.335 e. The predicted molar refractivity (Wildman–Crippen MR) is 166 cm³/mol. The maximum absolute atomic E-state index is 14.7. The van der Waals surface area contributed by atoms with Crippen LogP contribution in [0.15, 0.2) is 72.6 Å². The van der Waals surface area contributed by atoms with Crippen molar-refractivity contribution in [2.24, 2.45) is 0 Å². The molecule has 3 aliphatic rings. The maximum atomic E-state index is 14.7. The Hall–Kier alpha value is -4.66. The number of carboxylic acid groups (broad SMARTS) is 1. The molecule has 6 rings (SSSR count). The van der Waals surface area contributed by atoms with Gasteiger partial charge >= 0.3 is 5.97 Å². The molecule has 1 fully saturated rings. The van der Waals surface area contributed by atoms with Gasteiger partial charge in [0, 0.05) is 31.0 Å². The highest BCUT2D eigenvalue weighted by atomic mass is 35.5. The van der Waals surface area contributed by atoms with Crippen molar-refractivity contribution in [2.45, 2.75) is 12.5 Å². The number of hydrogen-bond acceptors (Lipinski definition) is 9. The van der Waals surface area contributed by atoms with Crippen molar-refractivity contribution in [2.75, 3.05) is 46.4 Å². The van der Waals surface area contributed by atoms with E-state index in [2.05, 4.69) is 16.3 Å². The number of hydrazine groups is 2. The first-order valence-electron chi connectivity index (χ1n) is 14.0. The quantitative estimate of drug-likeness (QED) is 0.312. The van der Waals surface area contributed by atoms with Crippen molar-refractivity contribution in [3.8, 4) is 0 Å². The summed E-state index contributed by atoms with van der Waals surface area (Å²) in [6, 6.07) is 14.4. The van der Waals surface area contributed by atoms with Crippen molar-refractivity contribution in [1.29, 1.82) is 0 Å². The van der Waals surface area contributed by atoms with Crippen LogP contribution < -0.4 is 26.2 Å². The number of nitrogens with one attached hydrogen (secondary N) is 3. The highest BCUT2D eigenvalue weighted by molar-refractivity contribution is 7.91. The van der Waals surface area contributed by atoms with Crippen LogP contribution in [0.4, 0.5) is 21.5 Å². The van der Waals surface area contributed by atoms with Gasteiger partial charge in [0.25, 0.3) is 11.8 Å². The molecule has 0 saturated carbocycles. The van der Waals surface area contributed by atoms with Crippen molar-refractivity contribution in [3.05, 3.63) is 100 Å². The number of hydrogen-bond donors (Lipinski definition) is 4. The van der Waals surface area contributed by atoms with Gasteiger partial charge in [0.1, 0.15) is 11.7 Å². The highest BCUT2D eigenvalue weighted by Crippen LogP contribution is 2.38. The molecule has 1 unspecified atom stereocenters. The molecule has 3 aromatic carbocycles. The third kappa shape index (κ3) is 6.03. The topological polar surface area (TPSA) is 151 Å². The Morgan fingerprint density at radius 2 is 1.64 bits per heavy atom. The van der Waals surface area contributed by atoms with Crippen LogP contribution in [0, 0.1) is 5.82 Å². The molecule has 1 atom stereocenters. The molecular formula is C30H28ClFN6O6S. The summed E-state index contributed by atoms with van der Waals surface area (Å²) in [4.78, 5) is 42.6. The number of carbonyl (C=O) groups is 3. The molecule has 2 amide bonds. The summed E-state index contributed by atoms with van der Waals surface area (Å²) in [5.74, 6) is -2.82. The molecular weight excluding hydrogens is 627 g/mol. The predicted octanol–water partition coefficient (Wildman–Crippen LogP) is 2.85. The first-order valence-corrected chi connectivity index (χ1v) is 16.2. The zero-order valence-corrected chi connectivity index (χ0v) is 25.2. The van der Waals surface area contributed by atoms with Crippen molar-refractivity contribution < 1.29 is 32.3 Å². The normalized spacial score (nSPS) is 18.9. The first kappa shape index (κ1) is 30.4. The molecule has 0 bridgehead atoms. The van der Waals surface area contributed by atoms with Gasteiger partial charge in [0.2, 0.25) is 0 Å². The lowest BCUT2D eigenvalue weighted by Gasteiger charge is -2.39. The van der Waals surface area contributed by atoms with Gasteiger partial charge in [-0.15, -0.1) is 5.53 Å². The van der Waals surface area contributed by atoms with E-state index < -0.39 is 39.5 Å². The number of sulfone groups is 1. The zero-order chi connectivity index (χ0) is 31.9. The van der Waals surface area contributed by atoms with E-state index in [1.54, 1.807) is 18.2 Å². The summed E-state index contributed by atoms with van der Waals surface area (Å²) < 4.78 is 38.8. The largest absolute Gasteiger partial charge is 0.478 e. The number of nitrogens with zero attached hydrogens (tertiary/aromatic N) is 3. The number of anilines is 3. The van der Waals surface area contributed by atoms with E-state index in [1.165, 1.54) is 52.5 Å². The van der Waals surface area contributed by atoms with E-state index >= 15 is 0 Å². The number of aromatic carboxylic acids is 1.